The molecule has 3 amide bonds. The molecule has 1 N–H and O–H groups in total. The third-order valence-corrected chi connectivity index (χ3v) is 6.37. The van der Waals surface area contributed by atoms with Gasteiger partial charge in [-0.2, -0.15) is 0 Å². The molecule has 8 nitrogen and oxygen atoms in total. The van der Waals surface area contributed by atoms with Gasteiger partial charge in [-0.25, -0.2) is 9.18 Å². The van der Waals surface area contributed by atoms with E-state index in [-0.39, 0.29) is 36.9 Å². The molecule has 0 radical (unpaired) electrons. The Morgan fingerprint density at radius 2 is 1.66 bits per heavy atom. The second-order valence-electron chi connectivity index (χ2n) is 10.1. The van der Waals surface area contributed by atoms with Gasteiger partial charge >= 0.3 is 6.03 Å². The van der Waals surface area contributed by atoms with Crippen molar-refractivity contribution in [3.8, 4) is 5.75 Å². The normalized spacial score (nSPS) is 11.0. The van der Waals surface area contributed by atoms with Gasteiger partial charge in [0.15, 0.2) is 5.43 Å². The first-order valence-electron chi connectivity index (χ1n) is 13.5. The summed E-state index contributed by atoms with van der Waals surface area (Å²) in [5, 5.41) is 3.26. The number of hydrogen-bond donors (Lipinski definition) is 1. The molecule has 4 aromatic rings. The lowest BCUT2D eigenvalue weighted by atomic mass is 10.1. The molecule has 0 aliphatic carbocycles. The molecule has 41 heavy (non-hydrogen) atoms. The standard InChI is InChI=1S/C32H34FN3O5/c1-4-40-27-15-13-26(14-16-27)34-32(39)36(17-22(2)3)20-30(37)35(18-23-9-11-25(33)12-10-23)19-24-21-41-29-8-6-5-7-28(29)31(24)38/h5-16,21-22H,4,17-20H2,1-3H3,(H,34,39). The van der Waals surface area contributed by atoms with Crippen molar-refractivity contribution >= 4 is 28.6 Å². The van der Waals surface area contributed by atoms with E-state index < -0.39 is 11.8 Å². The summed E-state index contributed by atoms with van der Waals surface area (Å²) in [5.41, 5.74) is 1.76. The molecule has 3 aromatic carbocycles. The fourth-order valence-corrected chi connectivity index (χ4v) is 4.40. The molecule has 214 valence electrons. The maximum atomic E-state index is 13.7. The number of halogens is 1. The number of benzene rings is 3. The molecule has 1 heterocycles. The highest BCUT2D eigenvalue weighted by Crippen LogP contribution is 2.18. The van der Waals surface area contributed by atoms with Crippen molar-refractivity contribution in [1.29, 1.82) is 0 Å². The van der Waals surface area contributed by atoms with E-state index in [1.807, 2.05) is 20.8 Å². The van der Waals surface area contributed by atoms with E-state index in [4.69, 9.17) is 9.15 Å². The summed E-state index contributed by atoms with van der Waals surface area (Å²) >= 11 is 0. The van der Waals surface area contributed by atoms with Crippen LogP contribution in [0.4, 0.5) is 14.9 Å². The second-order valence-corrected chi connectivity index (χ2v) is 10.1. The van der Waals surface area contributed by atoms with E-state index in [0.717, 1.165) is 0 Å². The first-order valence-corrected chi connectivity index (χ1v) is 13.5. The van der Waals surface area contributed by atoms with Gasteiger partial charge in [-0.3, -0.25) is 9.59 Å². The number of urea groups is 1. The molecular formula is C32H34FN3O5. The van der Waals surface area contributed by atoms with E-state index in [1.165, 1.54) is 28.2 Å². The zero-order valence-electron chi connectivity index (χ0n) is 23.4. The lowest BCUT2D eigenvalue weighted by Gasteiger charge is -2.29. The van der Waals surface area contributed by atoms with Gasteiger partial charge in [-0.05, 0) is 66.9 Å². The Balaban J connectivity index is 1.57. The summed E-state index contributed by atoms with van der Waals surface area (Å²) < 4.78 is 24.7. The minimum Gasteiger partial charge on any atom is -0.494 e. The van der Waals surface area contributed by atoms with Crippen LogP contribution in [0, 0.1) is 11.7 Å². The molecule has 0 spiro atoms. The number of nitrogens with one attached hydrogen (secondary N) is 1. The Hall–Kier alpha value is -4.66. The number of amides is 3. The summed E-state index contributed by atoms with van der Waals surface area (Å²) in [6.45, 7) is 6.52. The second kappa shape index (κ2) is 13.6. The number of carbonyl (C=O) groups excluding carboxylic acids is 2. The van der Waals surface area contributed by atoms with Crippen LogP contribution in [0.3, 0.4) is 0 Å². The maximum absolute atomic E-state index is 13.7. The molecule has 0 saturated carbocycles. The van der Waals surface area contributed by atoms with Gasteiger partial charge in [0.1, 0.15) is 23.7 Å². The zero-order chi connectivity index (χ0) is 29.4. The van der Waals surface area contributed by atoms with Crippen LogP contribution in [0.25, 0.3) is 11.0 Å². The van der Waals surface area contributed by atoms with Crippen LogP contribution < -0.4 is 15.5 Å². The summed E-state index contributed by atoms with van der Waals surface area (Å²) in [6, 6.07) is 19.3. The summed E-state index contributed by atoms with van der Waals surface area (Å²) in [4.78, 5) is 43.1. The predicted molar refractivity (Wildman–Crippen MR) is 156 cm³/mol. The number of rotatable bonds is 11. The van der Waals surface area contributed by atoms with E-state index in [9.17, 15) is 18.8 Å². The molecule has 4 rings (SSSR count). The van der Waals surface area contributed by atoms with Crippen LogP contribution in [0.5, 0.6) is 5.75 Å². The van der Waals surface area contributed by atoms with E-state index in [1.54, 1.807) is 60.7 Å². The highest BCUT2D eigenvalue weighted by atomic mass is 19.1. The number of ether oxygens (including phenoxy) is 1. The number of nitrogens with zero attached hydrogens (tertiary/aromatic N) is 2. The van der Waals surface area contributed by atoms with Crippen LogP contribution in [-0.4, -0.2) is 41.4 Å². The molecule has 0 saturated heterocycles. The van der Waals surface area contributed by atoms with Crippen LogP contribution in [-0.2, 0) is 17.9 Å². The smallest absolute Gasteiger partial charge is 0.322 e. The van der Waals surface area contributed by atoms with Crippen LogP contribution in [0.15, 0.2) is 88.3 Å². The van der Waals surface area contributed by atoms with Crippen LogP contribution in [0.2, 0.25) is 0 Å². The first-order chi connectivity index (χ1) is 19.7. The summed E-state index contributed by atoms with van der Waals surface area (Å²) in [5.74, 6) is 0.0153. The Kier molecular flexibility index (Phi) is 9.73. The first kappa shape index (κ1) is 29.3. The van der Waals surface area contributed by atoms with Crippen molar-refractivity contribution in [1.82, 2.24) is 9.80 Å². The average Bonchev–Trinajstić information content (AvgIpc) is 2.96. The van der Waals surface area contributed by atoms with E-state index in [0.29, 0.717) is 46.7 Å². The third-order valence-electron chi connectivity index (χ3n) is 6.37. The number of fused-ring (bicyclic) bond motifs is 1. The number of para-hydroxylation sites is 1. The van der Waals surface area contributed by atoms with Crippen molar-refractivity contribution < 1.29 is 23.1 Å². The highest BCUT2D eigenvalue weighted by molar-refractivity contribution is 5.92. The monoisotopic (exact) mass is 559 g/mol. The lowest BCUT2D eigenvalue weighted by molar-refractivity contribution is -0.133. The lowest BCUT2D eigenvalue weighted by Crippen LogP contribution is -2.45. The Morgan fingerprint density at radius 3 is 2.34 bits per heavy atom. The van der Waals surface area contributed by atoms with Gasteiger partial charge in [0, 0.05) is 18.8 Å². The fourth-order valence-electron chi connectivity index (χ4n) is 4.40. The van der Waals surface area contributed by atoms with Gasteiger partial charge in [-0.15, -0.1) is 0 Å². The largest absolute Gasteiger partial charge is 0.494 e. The number of carbonyl (C=O) groups is 2. The Morgan fingerprint density at radius 1 is 0.951 bits per heavy atom. The van der Waals surface area contributed by atoms with Crippen molar-refractivity contribution in [3.05, 3.63) is 106 Å². The van der Waals surface area contributed by atoms with Crippen molar-refractivity contribution in [2.45, 2.75) is 33.9 Å². The molecular weight excluding hydrogens is 525 g/mol. The van der Waals surface area contributed by atoms with Crippen LogP contribution >= 0.6 is 0 Å². The minimum atomic E-state index is -0.428. The van der Waals surface area contributed by atoms with Gasteiger partial charge in [-0.1, -0.05) is 38.1 Å². The minimum absolute atomic E-state index is 0.0423. The Labute approximate surface area is 238 Å². The van der Waals surface area contributed by atoms with E-state index in [2.05, 4.69) is 5.32 Å². The molecule has 0 bridgehead atoms. The van der Waals surface area contributed by atoms with Crippen molar-refractivity contribution in [3.63, 3.8) is 0 Å². The predicted octanol–water partition coefficient (Wildman–Crippen LogP) is 6.05. The third kappa shape index (κ3) is 7.94. The number of anilines is 1. The summed E-state index contributed by atoms with van der Waals surface area (Å²) in [6.07, 6.45) is 1.36. The maximum Gasteiger partial charge on any atom is 0.322 e. The van der Waals surface area contributed by atoms with Crippen molar-refractivity contribution in [2.24, 2.45) is 5.92 Å². The molecule has 0 atom stereocenters. The highest BCUT2D eigenvalue weighted by Gasteiger charge is 2.24. The molecule has 0 fully saturated rings. The zero-order valence-corrected chi connectivity index (χ0v) is 23.4. The van der Waals surface area contributed by atoms with Crippen LogP contribution in [0.1, 0.15) is 31.9 Å². The molecule has 0 aliphatic rings. The Bertz CT molecular complexity index is 1530. The average molecular weight is 560 g/mol. The van der Waals surface area contributed by atoms with Crippen molar-refractivity contribution in [2.75, 3.05) is 25.0 Å². The molecule has 0 unspecified atom stereocenters. The fraction of sp³-hybridized carbons (Fsp3) is 0.281. The van der Waals surface area contributed by atoms with Gasteiger partial charge in [0.05, 0.1) is 30.4 Å². The van der Waals surface area contributed by atoms with Gasteiger partial charge < -0.3 is 24.3 Å². The number of hydrogen-bond acceptors (Lipinski definition) is 5. The molecule has 1 aromatic heterocycles. The topological polar surface area (TPSA) is 92.1 Å². The summed E-state index contributed by atoms with van der Waals surface area (Å²) in [7, 11) is 0. The molecule has 0 aliphatic heterocycles. The quantitative estimate of drug-likeness (QED) is 0.242. The van der Waals surface area contributed by atoms with Gasteiger partial charge in [0.25, 0.3) is 0 Å². The van der Waals surface area contributed by atoms with E-state index >= 15 is 0 Å². The van der Waals surface area contributed by atoms with Gasteiger partial charge in [0.2, 0.25) is 5.91 Å². The SMILES string of the molecule is CCOc1ccc(NC(=O)N(CC(=O)N(Cc2ccc(F)cc2)Cc2coc3ccccc3c2=O)CC(C)C)cc1. The molecule has 9 heteroatoms.